The predicted molar refractivity (Wildman–Crippen MR) is 218 cm³/mol. The number of hydrogen-bond donors (Lipinski definition) is 0. The molecule has 1 saturated heterocycles. The second-order valence-corrected chi connectivity index (χ2v) is 14.2. The van der Waals surface area contributed by atoms with E-state index in [2.05, 4.69) is 96.5 Å². The van der Waals surface area contributed by atoms with Crippen LogP contribution in [0.25, 0.3) is 10.8 Å². The van der Waals surface area contributed by atoms with Crippen molar-refractivity contribution in [1.29, 1.82) is 0 Å². The Kier molecular flexibility index (Phi) is 13.1. The summed E-state index contributed by atoms with van der Waals surface area (Å²) in [6, 6.07) is 40.8. The number of rotatable bonds is 14. The van der Waals surface area contributed by atoms with Crippen LogP contribution in [0.3, 0.4) is 0 Å². The molecule has 0 N–H and O–H groups in total. The van der Waals surface area contributed by atoms with Crippen molar-refractivity contribution in [2.45, 2.75) is 45.4 Å². The van der Waals surface area contributed by atoms with Crippen LogP contribution in [-0.4, -0.2) is 47.4 Å². The van der Waals surface area contributed by atoms with Gasteiger partial charge in [0.25, 0.3) is 0 Å². The van der Waals surface area contributed by atoms with Crippen LogP contribution >= 0.6 is 24.0 Å². The Hall–Kier alpha value is -5.08. The molecule has 278 valence electrons. The van der Waals surface area contributed by atoms with Gasteiger partial charge < -0.3 is 19.1 Å². The van der Waals surface area contributed by atoms with E-state index in [1.807, 2.05) is 47.4 Å². The van der Waals surface area contributed by atoms with E-state index in [-0.39, 0.29) is 18.4 Å². The van der Waals surface area contributed by atoms with Crippen LogP contribution in [0.1, 0.15) is 53.6 Å². The minimum atomic E-state index is -0.0320. The first-order valence-electron chi connectivity index (χ1n) is 18.2. The standard InChI is InChI=1S/C45H44ClN3O4.ClH/c1-32(2)35-13-16-40(17-14-35)51-24-21-33-7-9-34(10-8-33)28-48-22-23-49(31-50)44(29-48)38-12-11-37-26-41(18-15-36(37)25-38)53-45-20-19-42(27-47-45)52-30-39-5-3-4-6-43(39)46;/h3-20,25-27,31-32,44H,21-24,28-30H2,1-2H3;1H. The Balaban J connectivity index is 0.00000497. The highest BCUT2D eigenvalue weighted by molar-refractivity contribution is 6.31. The molecule has 54 heavy (non-hydrogen) atoms. The van der Waals surface area contributed by atoms with Gasteiger partial charge in [0.15, 0.2) is 0 Å². The highest BCUT2D eigenvalue weighted by Crippen LogP contribution is 2.31. The molecule has 0 spiro atoms. The summed E-state index contributed by atoms with van der Waals surface area (Å²) < 4.78 is 17.9. The highest BCUT2D eigenvalue weighted by atomic mass is 35.5. The monoisotopic (exact) mass is 761 g/mol. The van der Waals surface area contributed by atoms with Crippen molar-refractivity contribution < 1.29 is 19.0 Å². The second kappa shape index (κ2) is 18.3. The average Bonchev–Trinajstić information content (AvgIpc) is 3.19. The minimum absolute atomic E-state index is 0. The van der Waals surface area contributed by atoms with Crippen molar-refractivity contribution in [2.24, 2.45) is 0 Å². The first kappa shape index (κ1) is 38.6. The molecule has 6 aromatic rings. The Morgan fingerprint density at radius 1 is 0.796 bits per heavy atom. The van der Waals surface area contributed by atoms with Gasteiger partial charge in [-0.05, 0) is 81.4 Å². The normalized spacial score (nSPS) is 14.4. The lowest BCUT2D eigenvalue weighted by Crippen LogP contribution is -2.47. The van der Waals surface area contributed by atoms with Crippen molar-refractivity contribution >= 4 is 41.2 Å². The van der Waals surface area contributed by atoms with E-state index in [4.69, 9.17) is 25.8 Å². The van der Waals surface area contributed by atoms with Gasteiger partial charge in [0, 0.05) is 49.3 Å². The fraction of sp³-hybridized carbons (Fsp3) is 0.244. The number of nitrogens with zero attached hydrogens (tertiary/aromatic N) is 3. The molecule has 0 bridgehead atoms. The number of benzene rings is 5. The van der Waals surface area contributed by atoms with Crippen molar-refractivity contribution in [2.75, 3.05) is 26.2 Å². The highest BCUT2D eigenvalue weighted by Gasteiger charge is 2.27. The quantitative estimate of drug-likeness (QED) is 0.103. The van der Waals surface area contributed by atoms with Gasteiger partial charge in [-0.15, -0.1) is 12.4 Å². The first-order chi connectivity index (χ1) is 25.9. The summed E-state index contributed by atoms with van der Waals surface area (Å²) in [6.07, 6.45) is 3.48. The van der Waals surface area contributed by atoms with Crippen LogP contribution in [-0.2, 0) is 24.4 Å². The molecule has 0 aliphatic carbocycles. The number of aromatic nitrogens is 1. The predicted octanol–water partition coefficient (Wildman–Crippen LogP) is 10.4. The van der Waals surface area contributed by atoms with E-state index in [0.717, 1.165) is 60.1 Å². The number of halogens is 2. The Morgan fingerprint density at radius 3 is 2.26 bits per heavy atom. The van der Waals surface area contributed by atoms with Crippen molar-refractivity contribution in [1.82, 2.24) is 14.8 Å². The fourth-order valence-electron chi connectivity index (χ4n) is 6.65. The lowest BCUT2D eigenvalue weighted by Gasteiger charge is -2.40. The smallest absolute Gasteiger partial charge is 0.219 e. The largest absolute Gasteiger partial charge is 0.493 e. The third kappa shape index (κ3) is 9.91. The molecule has 9 heteroatoms. The van der Waals surface area contributed by atoms with Gasteiger partial charge >= 0.3 is 0 Å². The summed E-state index contributed by atoms with van der Waals surface area (Å²) in [7, 11) is 0. The lowest BCUT2D eigenvalue weighted by atomic mass is 9.98. The number of pyridine rings is 1. The molecule has 7 nitrogen and oxygen atoms in total. The summed E-state index contributed by atoms with van der Waals surface area (Å²) in [5.41, 5.74) is 5.87. The van der Waals surface area contributed by atoms with Crippen molar-refractivity contribution in [3.05, 3.63) is 160 Å². The summed E-state index contributed by atoms with van der Waals surface area (Å²) in [5, 5.41) is 2.80. The summed E-state index contributed by atoms with van der Waals surface area (Å²) >= 11 is 6.24. The topological polar surface area (TPSA) is 64.1 Å². The number of carbonyl (C=O) groups excluding carboxylic acids is 1. The molecular weight excluding hydrogens is 717 g/mol. The molecule has 5 aromatic carbocycles. The van der Waals surface area contributed by atoms with E-state index in [1.165, 1.54) is 16.7 Å². The van der Waals surface area contributed by atoms with E-state index in [0.29, 0.717) is 48.1 Å². The maximum absolute atomic E-state index is 12.1. The molecule has 0 saturated carbocycles. The molecule has 1 aliphatic rings. The first-order valence-corrected chi connectivity index (χ1v) is 18.6. The van der Waals surface area contributed by atoms with Crippen molar-refractivity contribution in [3.8, 4) is 23.1 Å². The van der Waals surface area contributed by atoms with Crippen LogP contribution in [0.15, 0.2) is 128 Å². The molecule has 1 unspecified atom stereocenters. The zero-order chi connectivity index (χ0) is 36.6. The zero-order valence-corrected chi connectivity index (χ0v) is 32.1. The Labute approximate surface area is 328 Å². The maximum Gasteiger partial charge on any atom is 0.219 e. The molecule has 1 aliphatic heterocycles. The molecule has 0 radical (unpaired) electrons. The number of ether oxygens (including phenoxy) is 3. The van der Waals surface area contributed by atoms with E-state index < -0.39 is 0 Å². The van der Waals surface area contributed by atoms with Crippen LogP contribution < -0.4 is 14.2 Å². The van der Waals surface area contributed by atoms with Gasteiger partial charge in [-0.3, -0.25) is 9.69 Å². The second-order valence-electron chi connectivity index (χ2n) is 13.8. The lowest BCUT2D eigenvalue weighted by molar-refractivity contribution is -0.122. The molecule has 1 amide bonds. The number of hydrogen-bond acceptors (Lipinski definition) is 6. The zero-order valence-electron chi connectivity index (χ0n) is 30.6. The molecular formula is C45H45Cl2N3O4. The van der Waals surface area contributed by atoms with E-state index in [1.54, 1.807) is 12.3 Å². The van der Waals surface area contributed by atoms with Gasteiger partial charge in [0.1, 0.15) is 23.9 Å². The molecule has 7 rings (SSSR count). The molecule has 1 atom stereocenters. The van der Waals surface area contributed by atoms with Gasteiger partial charge in [-0.1, -0.05) is 98.2 Å². The maximum atomic E-state index is 12.1. The van der Waals surface area contributed by atoms with Gasteiger partial charge in [-0.25, -0.2) is 4.98 Å². The number of carbonyl (C=O) groups is 1. The summed E-state index contributed by atoms with van der Waals surface area (Å²) in [4.78, 5) is 20.9. The third-order valence-electron chi connectivity index (χ3n) is 9.78. The Morgan fingerprint density at radius 2 is 1.52 bits per heavy atom. The van der Waals surface area contributed by atoms with Crippen molar-refractivity contribution in [3.63, 3.8) is 0 Å². The minimum Gasteiger partial charge on any atom is -0.493 e. The van der Waals surface area contributed by atoms with Crippen LogP contribution in [0, 0.1) is 0 Å². The fourth-order valence-corrected chi connectivity index (χ4v) is 6.84. The Bertz CT molecular complexity index is 2130. The number of fused-ring (bicyclic) bond motifs is 1. The molecule has 1 aromatic heterocycles. The van der Waals surface area contributed by atoms with Gasteiger partial charge in [-0.2, -0.15) is 0 Å². The average molecular weight is 763 g/mol. The summed E-state index contributed by atoms with van der Waals surface area (Å²) in [5.74, 6) is 3.22. The molecule has 1 fully saturated rings. The van der Waals surface area contributed by atoms with Crippen LogP contribution in [0.2, 0.25) is 5.02 Å². The van der Waals surface area contributed by atoms with E-state index in [9.17, 15) is 4.79 Å². The number of piperazine rings is 1. The summed E-state index contributed by atoms with van der Waals surface area (Å²) in [6.45, 7) is 8.51. The van der Waals surface area contributed by atoms with Crippen LogP contribution in [0.5, 0.6) is 23.1 Å². The van der Waals surface area contributed by atoms with E-state index >= 15 is 0 Å². The van der Waals surface area contributed by atoms with Gasteiger partial charge in [0.2, 0.25) is 12.3 Å². The number of amides is 1. The SMILES string of the molecule is CC(C)c1ccc(OCCc2ccc(CN3CCN(C=O)C(c4ccc5cc(Oc6ccc(OCc7ccccc7Cl)cn6)ccc5c4)C3)cc2)cc1.Cl. The molecule has 2 heterocycles. The van der Waals surface area contributed by atoms with Gasteiger partial charge in [0.05, 0.1) is 18.8 Å². The van der Waals surface area contributed by atoms with Crippen LogP contribution in [0.4, 0.5) is 0 Å². The third-order valence-corrected chi connectivity index (χ3v) is 10.1.